The number of nitrogens with zero attached hydrogens (tertiary/aromatic N) is 1. The predicted molar refractivity (Wildman–Crippen MR) is 111 cm³/mol. The summed E-state index contributed by atoms with van der Waals surface area (Å²) in [6.45, 7) is 7.03. The summed E-state index contributed by atoms with van der Waals surface area (Å²) in [7, 11) is 1.30. The highest BCUT2D eigenvalue weighted by Crippen LogP contribution is 2.36. The van der Waals surface area contributed by atoms with Gasteiger partial charge < -0.3 is 18.3 Å². The average molecular weight is 411 g/mol. The van der Waals surface area contributed by atoms with Crippen molar-refractivity contribution in [2.45, 2.75) is 46.2 Å². The van der Waals surface area contributed by atoms with Gasteiger partial charge in [-0.05, 0) is 44.5 Å². The van der Waals surface area contributed by atoms with Gasteiger partial charge in [0.2, 0.25) is 0 Å². The summed E-state index contributed by atoms with van der Waals surface area (Å²) < 4.78 is 21.9. The Balaban J connectivity index is 1.70. The van der Waals surface area contributed by atoms with Crippen molar-refractivity contribution >= 4 is 16.9 Å². The summed E-state index contributed by atoms with van der Waals surface area (Å²) in [5.74, 6) is 1.22. The van der Waals surface area contributed by atoms with E-state index in [1.54, 1.807) is 6.26 Å². The topological polar surface area (TPSA) is 82.1 Å². The number of furan rings is 1. The maximum atomic E-state index is 12.5. The van der Waals surface area contributed by atoms with Crippen LogP contribution < -0.4 is 10.4 Å². The molecule has 2 aromatic heterocycles. The lowest BCUT2D eigenvalue weighted by Crippen LogP contribution is -2.40. The van der Waals surface area contributed by atoms with E-state index in [-0.39, 0.29) is 12.5 Å². The molecule has 0 amide bonds. The highest BCUT2D eigenvalue weighted by Gasteiger charge is 2.27. The van der Waals surface area contributed by atoms with Crippen molar-refractivity contribution in [2.75, 3.05) is 13.8 Å². The lowest BCUT2D eigenvalue weighted by atomic mass is 9.97. The van der Waals surface area contributed by atoms with Crippen molar-refractivity contribution in [3.63, 3.8) is 0 Å². The van der Waals surface area contributed by atoms with Gasteiger partial charge in [0, 0.05) is 35.5 Å². The Morgan fingerprint density at radius 3 is 2.80 bits per heavy atom. The smallest absolute Gasteiger partial charge is 0.340 e. The Labute approximate surface area is 174 Å². The lowest BCUT2D eigenvalue weighted by Gasteiger charge is -2.34. The molecule has 30 heavy (non-hydrogen) atoms. The molecule has 0 bridgehead atoms. The van der Waals surface area contributed by atoms with Gasteiger partial charge in [-0.3, -0.25) is 9.69 Å². The first kappa shape index (κ1) is 20.2. The molecule has 4 rings (SSSR count). The summed E-state index contributed by atoms with van der Waals surface area (Å²) in [5, 5.41) is 0.814. The molecule has 3 heterocycles. The van der Waals surface area contributed by atoms with Gasteiger partial charge in [0.1, 0.15) is 23.8 Å². The first-order valence-electron chi connectivity index (χ1n) is 9.93. The zero-order chi connectivity index (χ0) is 21.4. The fourth-order valence-electron chi connectivity index (χ4n) is 4.01. The van der Waals surface area contributed by atoms with Gasteiger partial charge in [0.05, 0.1) is 25.4 Å². The molecule has 0 spiro atoms. The molecule has 158 valence electrons. The van der Waals surface area contributed by atoms with E-state index in [1.807, 2.05) is 32.0 Å². The number of rotatable bonds is 5. The van der Waals surface area contributed by atoms with Gasteiger partial charge in [-0.1, -0.05) is 0 Å². The number of benzene rings is 1. The van der Waals surface area contributed by atoms with Gasteiger partial charge in [-0.25, -0.2) is 4.79 Å². The van der Waals surface area contributed by atoms with E-state index in [4.69, 9.17) is 18.3 Å². The summed E-state index contributed by atoms with van der Waals surface area (Å²) in [5.41, 5.74) is 2.87. The molecule has 0 saturated carbocycles. The van der Waals surface area contributed by atoms with Crippen LogP contribution in [0.25, 0.3) is 11.0 Å². The van der Waals surface area contributed by atoms with E-state index in [9.17, 15) is 9.59 Å². The van der Waals surface area contributed by atoms with E-state index in [1.165, 1.54) is 7.11 Å². The number of fused-ring (bicyclic) bond motifs is 2. The molecular formula is C23H25NO6. The number of methoxy groups -OCH3 is 1. The minimum atomic E-state index is -0.516. The van der Waals surface area contributed by atoms with Crippen LogP contribution in [0.2, 0.25) is 0 Å². The molecule has 1 aromatic carbocycles. The molecule has 7 heteroatoms. The number of ether oxygens (including phenoxy) is 2. The van der Waals surface area contributed by atoms with Crippen molar-refractivity contribution in [3.05, 3.63) is 62.9 Å². The van der Waals surface area contributed by atoms with Crippen molar-refractivity contribution < 1.29 is 23.1 Å². The molecule has 1 aliphatic rings. The summed E-state index contributed by atoms with van der Waals surface area (Å²) in [6, 6.07) is 6.09. The van der Waals surface area contributed by atoms with Crippen LogP contribution in [0.4, 0.5) is 0 Å². The fraction of sp³-hybridized carbons (Fsp3) is 0.391. The SMILES string of the molecule is COC(=O)Cc1c(C)c2cc3c(c(C)c2oc1=O)OCN(C(C)Cc1ccco1)C3. The second kappa shape index (κ2) is 7.99. The minimum Gasteiger partial charge on any atom is -0.477 e. The van der Waals surface area contributed by atoms with Crippen LogP contribution in [0.15, 0.2) is 38.1 Å². The van der Waals surface area contributed by atoms with Crippen LogP contribution >= 0.6 is 0 Å². The number of carbonyl (C=O) groups is 1. The Bertz CT molecular complexity index is 1140. The first-order chi connectivity index (χ1) is 14.4. The Morgan fingerprint density at radius 2 is 2.10 bits per heavy atom. The quantitative estimate of drug-likeness (QED) is 0.469. The molecule has 0 aliphatic carbocycles. The maximum absolute atomic E-state index is 12.5. The number of hydrogen-bond acceptors (Lipinski definition) is 7. The fourth-order valence-corrected chi connectivity index (χ4v) is 4.01. The molecule has 0 saturated heterocycles. The third-order valence-corrected chi connectivity index (χ3v) is 5.83. The minimum absolute atomic E-state index is 0.112. The van der Waals surface area contributed by atoms with Crippen LogP contribution in [0.1, 0.15) is 34.9 Å². The molecule has 1 atom stereocenters. The third kappa shape index (κ3) is 3.61. The Morgan fingerprint density at radius 1 is 1.30 bits per heavy atom. The largest absolute Gasteiger partial charge is 0.477 e. The normalized spacial score (nSPS) is 14.9. The zero-order valence-electron chi connectivity index (χ0n) is 17.6. The standard InChI is InChI=1S/C23H25NO6/c1-13(8-17-6-5-7-28-17)24-11-16-9-18-14(2)19(10-20(25)27-4)23(26)30-22(18)15(3)21(16)29-12-24/h5-7,9,13H,8,10-12H2,1-4H3. The van der Waals surface area contributed by atoms with Gasteiger partial charge in [-0.15, -0.1) is 0 Å². The Kier molecular flexibility index (Phi) is 5.39. The van der Waals surface area contributed by atoms with Gasteiger partial charge in [0.15, 0.2) is 0 Å². The lowest BCUT2D eigenvalue weighted by molar-refractivity contribution is -0.139. The van der Waals surface area contributed by atoms with Gasteiger partial charge >= 0.3 is 11.6 Å². The highest BCUT2D eigenvalue weighted by atomic mass is 16.5. The first-order valence-corrected chi connectivity index (χ1v) is 9.93. The van der Waals surface area contributed by atoms with E-state index >= 15 is 0 Å². The third-order valence-electron chi connectivity index (χ3n) is 5.83. The molecule has 7 nitrogen and oxygen atoms in total. The number of aryl methyl sites for hydroxylation is 2. The van der Waals surface area contributed by atoms with Crippen molar-refractivity contribution in [1.29, 1.82) is 0 Å². The van der Waals surface area contributed by atoms with E-state index in [0.717, 1.165) is 40.0 Å². The van der Waals surface area contributed by atoms with Crippen molar-refractivity contribution in [1.82, 2.24) is 4.90 Å². The van der Waals surface area contributed by atoms with E-state index in [2.05, 4.69) is 11.8 Å². The Hall–Kier alpha value is -3.06. The van der Waals surface area contributed by atoms with Crippen LogP contribution in [-0.4, -0.2) is 30.8 Å². The maximum Gasteiger partial charge on any atom is 0.340 e. The summed E-state index contributed by atoms with van der Waals surface area (Å²) >= 11 is 0. The number of carbonyl (C=O) groups excluding carboxylic acids is 1. The molecular weight excluding hydrogens is 386 g/mol. The van der Waals surface area contributed by atoms with Crippen molar-refractivity contribution in [3.8, 4) is 5.75 Å². The van der Waals surface area contributed by atoms with Crippen LogP contribution in [0.5, 0.6) is 5.75 Å². The van der Waals surface area contributed by atoms with Crippen LogP contribution in [0.3, 0.4) is 0 Å². The molecule has 0 radical (unpaired) electrons. The van der Waals surface area contributed by atoms with Crippen LogP contribution in [0, 0.1) is 13.8 Å². The predicted octanol–water partition coefficient (Wildman–Crippen LogP) is 3.50. The molecule has 1 unspecified atom stereocenters. The van der Waals surface area contributed by atoms with E-state index in [0.29, 0.717) is 24.4 Å². The van der Waals surface area contributed by atoms with Crippen LogP contribution in [-0.2, 0) is 28.9 Å². The second-order valence-corrected chi connectivity index (χ2v) is 7.77. The molecule has 3 aromatic rings. The van der Waals surface area contributed by atoms with Gasteiger partial charge in [0.25, 0.3) is 0 Å². The number of hydrogen-bond donors (Lipinski definition) is 0. The monoisotopic (exact) mass is 411 g/mol. The zero-order valence-corrected chi connectivity index (χ0v) is 17.6. The summed E-state index contributed by atoms with van der Waals surface area (Å²) in [4.78, 5) is 26.5. The average Bonchev–Trinajstić information content (AvgIpc) is 3.24. The van der Waals surface area contributed by atoms with Gasteiger partial charge in [-0.2, -0.15) is 0 Å². The molecule has 0 N–H and O–H groups in total. The molecule has 1 aliphatic heterocycles. The second-order valence-electron chi connectivity index (χ2n) is 7.77. The highest BCUT2D eigenvalue weighted by molar-refractivity contribution is 5.88. The number of esters is 1. The van der Waals surface area contributed by atoms with E-state index < -0.39 is 11.6 Å². The molecule has 0 fully saturated rings. The van der Waals surface area contributed by atoms with Crippen molar-refractivity contribution in [2.24, 2.45) is 0 Å². The summed E-state index contributed by atoms with van der Waals surface area (Å²) in [6.07, 6.45) is 2.36.